The first-order valence-electron chi connectivity index (χ1n) is 5.09. The van der Waals surface area contributed by atoms with Crippen molar-refractivity contribution in [1.29, 1.82) is 0 Å². The Hall–Kier alpha value is -1.25. The van der Waals surface area contributed by atoms with Crippen LogP contribution in [0.4, 0.5) is 4.39 Å². The van der Waals surface area contributed by atoms with Crippen LogP contribution in [0.5, 0.6) is 0 Å². The molecule has 2 aromatic rings. The molecule has 2 aromatic carbocycles. The van der Waals surface area contributed by atoms with Gasteiger partial charge in [-0.2, -0.15) is 0 Å². The molecule has 0 bridgehead atoms. The maximum Gasteiger partial charge on any atom is 0.123 e. The maximum atomic E-state index is 12.7. The van der Waals surface area contributed by atoms with Crippen LogP contribution in [0.3, 0.4) is 0 Å². The SMILES string of the molecule is Fc1ccc(/C(Cl)=C\Sc2ccccc2)cc1. The monoisotopic (exact) mass is 264 g/mol. The Morgan fingerprint density at radius 1 is 1.00 bits per heavy atom. The van der Waals surface area contributed by atoms with E-state index in [1.165, 1.54) is 23.9 Å². The number of hydrogen-bond acceptors (Lipinski definition) is 1. The van der Waals surface area contributed by atoms with Crippen LogP contribution in [0, 0.1) is 5.82 Å². The summed E-state index contributed by atoms with van der Waals surface area (Å²) in [5, 5.41) is 2.46. The third-order valence-corrected chi connectivity index (χ3v) is 3.52. The summed E-state index contributed by atoms with van der Waals surface area (Å²) in [6.07, 6.45) is 0. The first-order valence-corrected chi connectivity index (χ1v) is 6.35. The Bertz CT molecular complexity index is 506. The molecule has 0 amide bonds. The van der Waals surface area contributed by atoms with Gasteiger partial charge in [0, 0.05) is 4.90 Å². The van der Waals surface area contributed by atoms with Crippen molar-refractivity contribution in [2.75, 3.05) is 0 Å². The fourth-order valence-electron chi connectivity index (χ4n) is 1.30. The van der Waals surface area contributed by atoms with Crippen molar-refractivity contribution in [2.45, 2.75) is 4.90 Å². The van der Waals surface area contributed by atoms with Crippen LogP contribution in [0.1, 0.15) is 5.56 Å². The summed E-state index contributed by atoms with van der Waals surface area (Å²) >= 11 is 7.67. The van der Waals surface area contributed by atoms with Crippen LogP contribution < -0.4 is 0 Å². The van der Waals surface area contributed by atoms with Crippen molar-refractivity contribution >= 4 is 28.4 Å². The fourth-order valence-corrected chi connectivity index (χ4v) is 2.25. The third-order valence-electron chi connectivity index (χ3n) is 2.16. The minimum absolute atomic E-state index is 0.256. The van der Waals surface area contributed by atoms with Gasteiger partial charge in [0.15, 0.2) is 0 Å². The summed E-state index contributed by atoms with van der Waals surface area (Å²) in [4.78, 5) is 1.12. The molecule has 3 heteroatoms. The average Bonchev–Trinajstić information content (AvgIpc) is 2.38. The molecule has 0 aliphatic heterocycles. The number of rotatable bonds is 3. The normalized spacial score (nSPS) is 11.5. The first kappa shape index (κ1) is 12.2. The Kier molecular flexibility index (Phi) is 4.24. The summed E-state index contributed by atoms with van der Waals surface area (Å²) in [6.45, 7) is 0. The number of hydrogen-bond donors (Lipinski definition) is 0. The lowest BCUT2D eigenvalue weighted by atomic mass is 10.2. The molecule has 0 saturated carbocycles. The Morgan fingerprint density at radius 2 is 1.65 bits per heavy atom. The van der Waals surface area contributed by atoms with E-state index in [9.17, 15) is 4.39 Å². The molecule has 0 N–H and O–H groups in total. The molecule has 0 aliphatic carbocycles. The van der Waals surface area contributed by atoms with Crippen LogP contribution in [0.15, 0.2) is 64.9 Å². The Labute approximate surface area is 109 Å². The zero-order valence-corrected chi connectivity index (χ0v) is 10.5. The molecular weight excluding hydrogens is 255 g/mol. The molecule has 0 heterocycles. The largest absolute Gasteiger partial charge is 0.207 e. The fraction of sp³-hybridized carbons (Fsp3) is 0. The summed E-state index contributed by atoms with van der Waals surface area (Å²) in [5.74, 6) is -0.256. The molecule has 0 fully saturated rings. The van der Waals surface area contributed by atoms with Crippen molar-refractivity contribution in [2.24, 2.45) is 0 Å². The van der Waals surface area contributed by atoms with E-state index in [0.29, 0.717) is 5.03 Å². The van der Waals surface area contributed by atoms with Gasteiger partial charge in [0.05, 0.1) is 5.03 Å². The van der Waals surface area contributed by atoms with Crippen molar-refractivity contribution in [1.82, 2.24) is 0 Å². The van der Waals surface area contributed by atoms with E-state index in [0.717, 1.165) is 10.5 Å². The lowest BCUT2D eigenvalue weighted by Crippen LogP contribution is -1.77. The summed E-state index contributed by atoms with van der Waals surface area (Å²) in [6, 6.07) is 16.1. The molecule has 0 atom stereocenters. The zero-order valence-electron chi connectivity index (χ0n) is 8.94. The van der Waals surface area contributed by atoms with E-state index in [1.54, 1.807) is 12.1 Å². The predicted molar refractivity (Wildman–Crippen MR) is 72.5 cm³/mol. The molecule has 2 rings (SSSR count). The van der Waals surface area contributed by atoms with Crippen LogP contribution in [0.25, 0.3) is 5.03 Å². The molecule has 0 nitrogen and oxygen atoms in total. The van der Waals surface area contributed by atoms with Crippen LogP contribution in [-0.2, 0) is 0 Å². The number of benzene rings is 2. The van der Waals surface area contributed by atoms with Gasteiger partial charge in [-0.1, -0.05) is 53.7 Å². The molecular formula is C14H10ClFS. The van der Waals surface area contributed by atoms with Gasteiger partial charge in [0.25, 0.3) is 0 Å². The van der Waals surface area contributed by atoms with E-state index < -0.39 is 0 Å². The zero-order chi connectivity index (χ0) is 12.1. The van der Waals surface area contributed by atoms with Gasteiger partial charge in [-0.15, -0.1) is 0 Å². The number of thioether (sulfide) groups is 1. The van der Waals surface area contributed by atoms with E-state index >= 15 is 0 Å². The van der Waals surface area contributed by atoms with Gasteiger partial charge >= 0.3 is 0 Å². The highest BCUT2D eigenvalue weighted by Gasteiger charge is 1.98. The van der Waals surface area contributed by atoms with Crippen molar-refractivity contribution in [3.63, 3.8) is 0 Å². The quantitative estimate of drug-likeness (QED) is 0.691. The molecule has 17 heavy (non-hydrogen) atoms. The molecule has 0 radical (unpaired) electrons. The smallest absolute Gasteiger partial charge is 0.123 e. The van der Waals surface area contributed by atoms with Gasteiger partial charge in [0.1, 0.15) is 5.82 Å². The standard InChI is InChI=1S/C14H10ClFS/c15-14(11-6-8-12(16)9-7-11)10-17-13-4-2-1-3-5-13/h1-10H/b14-10+. The summed E-state index contributed by atoms with van der Waals surface area (Å²) in [5.41, 5.74) is 0.816. The van der Waals surface area contributed by atoms with Crippen LogP contribution in [0.2, 0.25) is 0 Å². The topological polar surface area (TPSA) is 0 Å². The van der Waals surface area contributed by atoms with E-state index in [2.05, 4.69) is 0 Å². The van der Waals surface area contributed by atoms with E-state index in [-0.39, 0.29) is 5.82 Å². The maximum absolute atomic E-state index is 12.7. The Morgan fingerprint density at radius 3 is 2.29 bits per heavy atom. The van der Waals surface area contributed by atoms with Gasteiger partial charge < -0.3 is 0 Å². The minimum Gasteiger partial charge on any atom is -0.207 e. The van der Waals surface area contributed by atoms with Gasteiger partial charge in [-0.25, -0.2) is 4.39 Å². The second-order valence-electron chi connectivity index (χ2n) is 3.40. The van der Waals surface area contributed by atoms with Gasteiger partial charge in [-0.05, 0) is 35.2 Å². The van der Waals surface area contributed by atoms with Gasteiger partial charge in [0.2, 0.25) is 0 Å². The lowest BCUT2D eigenvalue weighted by Gasteiger charge is -1.99. The highest BCUT2D eigenvalue weighted by atomic mass is 35.5. The summed E-state index contributed by atoms with van der Waals surface area (Å²) in [7, 11) is 0. The Balaban J connectivity index is 2.10. The van der Waals surface area contributed by atoms with Crippen LogP contribution in [-0.4, -0.2) is 0 Å². The second-order valence-corrected chi connectivity index (χ2v) is 4.75. The first-order chi connectivity index (χ1) is 8.25. The van der Waals surface area contributed by atoms with Gasteiger partial charge in [-0.3, -0.25) is 0 Å². The highest BCUT2D eigenvalue weighted by Crippen LogP contribution is 2.27. The molecule has 0 aliphatic rings. The van der Waals surface area contributed by atoms with E-state index in [4.69, 9.17) is 11.6 Å². The highest BCUT2D eigenvalue weighted by molar-refractivity contribution is 8.02. The minimum atomic E-state index is -0.256. The molecule has 0 aromatic heterocycles. The predicted octanol–water partition coefficient (Wildman–Crippen LogP) is 5.16. The third kappa shape index (κ3) is 3.62. The van der Waals surface area contributed by atoms with Crippen molar-refractivity contribution in [3.8, 4) is 0 Å². The second kappa shape index (κ2) is 5.89. The molecule has 0 unspecified atom stereocenters. The van der Waals surface area contributed by atoms with Crippen LogP contribution >= 0.6 is 23.4 Å². The molecule has 0 spiro atoms. The molecule has 0 saturated heterocycles. The van der Waals surface area contributed by atoms with Crippen molar-refractivity contribution in [3.05, 3.63) is 71.4 Å². The van der Waals surface area contributed by atoms with E-state index in [1.807, 2.05) is 35.7 Å². The lowest BCUT2D eigenvalue weighted by molar-refractivity contribution is 0.628. The summed E-state index contributed by atoms with van der Waals surface area (Å²) < 4.78 is 12.7. The molecule has 86 valence electrons. The van der Waals surface area contributed by atoms with Crippen molar-refractivity contribution < 1.29 is 4.39 Å². The number of halogens is 2. The average molecular weight is 265 g/mol.